The molecular weight excluding hydrogens is 271 g/mol. The summed E-state index contributed by atoms with van der Waals surface area (Å²) in [7, 11) is 0. The Labute approximate surface area is 125 Å². The monoisotopic (exact) mass is 294 g/mol. The number of hydrogen-bond donors (Lipinski definition) is 2. The Morgan fingerprint density at radius 1 is 1.38 bits per heavy atom. The van der Waals surface area contributed by atoms with Gasteiger partial charge in [0.15, 0.2) is 0 Å². The number of carbonyl (C=O) groups is 1. The van der Waals surface area contributed by atoms with Crippen LogP contribution in [-0.2, 0) is 4.79 Å². The lowest BCUT2D eigenvalue weighted by molar-refractivity contribution is -0.121. The van der Waals surface area contributed by atoms with Gasteiger partial charge in [0, 0.05) is 12.5 Å². The lowest BCUT2D eigenvalue weighted by atomic mass is 9.93. The van der Waals surface area contributed by atoms with Crippen molar-refractivity contribution in [1.82, 2.24) is 10.6 Å². The van der Waals surface area contributed by atoms with E-state index < -0.39 is 0 Å². The van der Waals surface area contributed by atoms with Crippen molar-refractivity contribution in [3.63, 3.8) is 0 Å². The summed E-state index contributed by atoms with van der Waals surface area (Å²) in [6.45, 7) is 2.92. The van der Waals surface area contributed by atoms with Crippen LogP contribution in [0.3, 0.4) is 0 Å². The zero-order valence-electron chi connectivity index (χ0n) is 12.2. The van der Waals surface area contributed by atoms with Crippen LogP contribution in [0.2, 0.25) is 0 Å². The maximum absolute atomic E-state index is 12.9. The van der Waals surface area contributed by atoms with E-state index in [-0.39, 0.29) is 11.7 Å². The van der Waals surface area contributed by atoms with Crippen molar-refractivity contribution < 1.29 is 13.9 Å². The van der Waals surface area contributed by atoms with E-state index in [1.807, 2.05) is 0 Å². The minimum Gasteiger partial charge on any atom is -0.492 e. The summed E-state index contributed by atoms with van der Waals surface area (Å²) in [6, 6.07) is 6.00. The van der Waals surface area contributed by atoms with E-state index >= 15 is 0 Å². The van der Waals surface area contributed by atoms with E-state index in [9.17, 15) is 9.18 Å². The molecule has 4 nitrogen and oxygen atoms in total. The van der Waals surface area contributed by atoms with Gasteiger partial charge in [-0.15, -0.1) is 0 Å². The van der Waals surface area contributed by atoms with E-state index in [1.54, 1.807) is 12.1 Å². The Balaban J connectivity index is 1.54. The molecule has 2 N–H and O–H groups in total. The molecule has 0 aliphatic carbocycles. The third-order valence-electron chi connectivity index (χ3n) is 3.73. The third kappa shape index (κ3) is 6.12. The second kappa shape index (κ2) is 8.62. The molecule has 1 amide bonds. The molecule has 21 heavy (non-hydrogen) atoms. The fraction of sp³-hybridized carbons (Fsp3) is 0.562. The third-order valence-corrected chi connectivity index (χ3v) is 3.73. The summed E-state index contributed by atoms with van der Waals surface area (Å²) < 4.78 is 18.3. The molecule has 1 aliphatic rings. The van der Waals surface area contributed by atoms with Crippen molar-refractivity contribution in [1.29, 1.82) is 0 Å². The molecular formula is C16H23FN2O2. The van der Waals surface area contributed by atoms with Crippen LogP contribution in [0.5, 0.6) is 5.75 Å². The Hall–Kier alpha value is -1.62. The van der Waals surface area contributed by atoms with Crippen molar-refractivity contribution in [2.75, 3.05) is 26.2 Å². The molecule has 1 saturated heterocycles. The molecule has 1 aromatic rings. The largest absolute Gasteiger partial charge is 0.492 e. The number of rotatable bonds is 7. The zero-order chi connectivity index (χ0) is 14.9. The van der Waals surface area contributed by atoms with Crippen LogP contribution in [0.15, 0.2) is 24.3 Å². The number of hydrogen-bond acceptors (Lipinski definition) is 3. The van der Waals surface area contributed by atoms with Gasteiger partial charge in [0.25, 0.3) is 0 Å². The number of ether oxygens (including phenoxy) is 1. The van der Waals surface area contributed by atoms with Crippen LogP contribution in [0.4, 0.5) is 4.39 Å². The quantitative estimate of drug-likeness (QED) is 0.757. The Kier molecular flexibility index (Phi) is 6.47. The van der Waals surface area contributed by atoms with Gasteiger partial charge >= 0.3 is 0 Å². The van der Waals surface area contributed by atoms with Gasteiger partial charge in [-0.25, -0.2) is 4.39 Å². The summed E-state index contributed by atoms with van der Waals surface area (Å²) in [5.74, 6) is 0.898. The molecule has 0 aromatic heterocycles. The van der Waals surface area contributed by atoms with E-state index in [0.717, 1.165) is 32.4 Å². The molecule has 1 aliphatic heterocycles. The predicted octanol–water partition coefficient (Wildman–Crippen LogP) is 2.10. The normalized spacial score (nSPS) is 15.7. The van der Waals surface area contributed by atoms with Crippen molar-refractivity contribution in [3.05, 3.63) is 30.1 Å². The molecule has 1 fully saturated rings. The van der Waals surface area contributed by atoms with Crippen molar-refractivity contribution in [3.8, 4) is 5.75 Å². The maximum Gasteiger partial charge on any atom is 0.220 e. The molecule has 0 radical (unpaired) electrons. The van der Waals surface area contributed by atoms with Gasteiger partial charge in [-0.2, -0.15) is 0 Å². The second-order valence-corrected chi connectivity index (χ2v) is 5.39. The van der Waals surface area contributed by atoms with Crippen LogP contribution in [0.1, 0.15) is 25.7 Å². The maximum atomic E-state index is 12.9. The number of halogens is 1. The molecule has 0 unspecified atom stereocenters. The Bertz CT molecular complexity index is 448. The molecule has 0 bridgehead atoms. The predicted molar refractivity (Wildman–Crippen MR) is 79.7 cm³/mol. The molecule has 0 saturated carbocycles. The van der Waals surface area contributed by atoms with Crippen LogP contribution in [-0.4, -0.2) is 32.1 Å². The van der Waals surface area contributed by atoms with Gasteiger partial charge in [-0.3, -0.25) is 4.79 Å². The van der Waals surface area contributed by atoms with Gasteiger partial charge in [-0.05, 0) is 50.4 Å². The molecule has 0 spiro atoms. The molecule has 5 heteroatoms. The first-order valence-electron chi connectivity index (χ1n) is 7.60. The first kappa shape index (κ1) is 15.8. The first-order chi connectivity index (χ1) is 10.2. The molecule has 1 aromatic carbocycles. The number of amides is 1. The fourth-order valence-corrected chi connectivity index (χ4v) is 2.51. The molecule has 2 rings (SSSR count). The van der Waals surface area contributed by atoms with Gasteiger partial charge in [0.2, 0.25) is 5.91 Å². The second-order valence-electron chi connectivity index (χ2n) is 5.39. The summed E-state index contributed by atoms with van der Waals surface area (Å²) in [5.41, 5.74) is 0. The SMILES string of the molecule is O=C(CCC1CCNCC1)NCCOc1cccc(F)c1. The highest BCUT2D eigenvalue weighted by atomic mass is 19.1. The van der Waals surface area contributed by atoms with Crippen molar-refractivity contribution in [2.24, 2.45) is 5.92 Å². The summed E-state index contributed by atoms with van der Waals surface area (Å²) >= 11 is 0. The van der Waals surface area contributed by atoms with Crippen molar-refractivity contribution >= 4 is 5.91 Å². The van der Waals surface area contributed by atoms with E-state index in [0.29, 0.717) is 31.2 Å². The first-order valence-corrected chi connectivity index (χ1v) is 7.60. The number of carbonyl (C=O) groups excluding carboxylic acids is 1. The lowest BCUT2D eigenvalue weighted by Crippen LogP contribution is -2.30. The molecule has 0 atom stereocenters. The highest BCUT2D eigenvalue weighted by Gasteiger charge is 2.14. The Morgan fingerprint density at radius 2 is 2.19 bits per heavy atom. The van der Waals surface area contributed by atoms with Crippen LogP contribution in [0.25, 0.3) is 0 Å². The summed E-state index contributed by atoms with van der Waals surface area (Å²) in [6.07, 6.45) is 3.86. The van der Waals surface area contributed by atoms with Crippen LogP contribution in [0, 0.1) is 11.7 Å². The van der Waals surface area contributed by atoms with E-state index in [1.165, 1.54) is 12.1 Å². The topological polar surface area (TPSA) is 50.4 Å². The Morgan fingerprint density at radius 3 is 2.95 bits per heavy atom. The number of nitrogens with one attached hydrogen (secondary N) is 2. The van der Waals surface area contributed by atoms with E-state index in [4.69, 9.17) is 4.74 Å². The van der Waals surface area contributed by atoms with Crippen LogP contribution >= 0.6 is 0 Å². The minimum absolute atomic E-state index is 0.0661. The molecule has 116 valence electrons. The standard InChI is InChI=1S/C16H23FN2O2/c17-14-2-1-3-15(12-14)21-11-10-19-16(20)5-4-13-6-8-18-9-7-13/h1-3,12-13,18H,4-11H2,(H,19,20). The smallest absolute Gasteiger partial charge is 0.220 e. The highest BCUT2D eigenvalue weighted by molar-refractivity contribution is 5.75. The minimum atomic E-state index is -0.321. The number of benzene rings is 1. The van der Waals surface area contributed by atoms with Gasteiger partial charge in [-0.1, -0.05) is 6.07 Å². The van der Waals surface area contributed by atoms with E-state index in [2.05, 4.69) is 10.6 Å². The fourth-order valence-electron chi connectivity index (χ4n) is 2.51. The molecule has 1 heterocycles. The van der Waals surface area contributed by atoms with Crippen molar-refractivity contribution in [2.45, 2.75) is 25.7 Å². The zero-order valence-corrected chi connectivity index (χ0v) is 12.2. The lowest BCUT2D eigenvalue weighted by Gasteiger charge is -2.22. The average molecular weight is 294 g/mol. The van der Waals surface area contributed by atoms with Gasteiger partial charge in [0.05, 0.1) is 6.54 Å². The van der Waals surface area contributed by atoms with Crippen LogP contribution < -0.4 is 15.4 Å². The summed E-state index contributed by atoms with van der Waals surface area (Å²) in [4.78, 5) is 11.7. The average Bonchev–Trinajstić information content (AvgIpc) is 2.51. The number of piperidine rings is 1. The summed E-state index contributed by atoms with van der Waals surface area (Å²) in [5, 5.41) is 6.15. The van der Waals surface area contributed by atoms with Gasteiger partial charge in [0.1, 0.15) is 18.2 Å². The highest BCUT2D eigenvalue weighted by Crippen LogP contribution is 2.17. The van der Waals surface area contributed by atoms with Gasteiger partial charge < -0.3 is 15.4 Å².